The van der Waals surface area contributed by atoms with E-state index in [2.05, 4.69) is 5.32 Å². The second kappa shape index (κ2) is 11.6. The minimum Gasteiger partial charge on any atom is -0.495 e. The summed E-state index contributed by atoms with van der Waals surface area (Å²) in [5, 5.41) is 3.44. The smallest absolute Gasteiger partial charge is 0.244 e. The average Bonchev–Trinajstić information content (AvgIpc) is 2.75. The van der Waals surface area contributed by atoms with Crippen molar-refractivity contribution in [3.8, 4) is 5.75 Å². The summed E-state index contributed by atoms with van der Waals surface area (Å²) >= 11 is 12.3. The van der Waals surface area contributed by atoms with E-state index in [1.54, 1.807) is 50.2 Å². The lowest BCUT2D eigenvalue weighted by atomic mass is 10.1. The van der Waals surface area contributed by atoms with Crippen LogP contribution in [0.1, 0.15) is 19.4 Å². The predicted octanol–water partition coefficient (Wildman–Crippen LogP) is 3.32. The van der Waals surface area contributed by atoms with Crippen molar-refractivity contribution in [3.63, 3.8) is 0 Å². The number of nitrogens with one attached hydrogen (secondary N) is 1. The van der Waals surface area contributed by atoms with E-state index in [4.69, 9.17) is 27.9 Å². The number of anilines is 1. The summed E-state index contributed by atoms with van der Waals surface area (Å²) in [5.74, 6) is -0.671. The molecule has 1 N–H and O–H groups in total. The van der Waals surface area contributed by atoms with Crippen LogP contribution in [-0.4, -0.2) is 57.6 Å². The number of para-hydroxylation sites is 2. The molecule has 33 heavy (non-hydrogen) atoms. The Labute approximate surface area is 204 Å². The molecule has 8 nitrogen and oxygen atoms in total. The zero-order valence-electron chi connectivity index (χ0n) is 18.8. The van der Waals surface area contributed by atoms with Gasteiger partial charge in [0.25, 0.3) is 0 Å². The van der Waals surface area contributed by atoms with Crippen molar-refractivity contribution in [2.45, 2.75) is 26.4 Å². The monoisotopic (exact) mass is 515 g/mol. The number of halogens is 2. The van der Waals surface area contributed by atoms with Gasteiger partial charge in [-0.25, -0.2) is 8.42 Å². The molecule has 2 aromatic carbocycles. The largest absolute Gasteiger partial charge is 0.495 e. The van der Waals surface area contributed by atoms with Gasteiger partial charge in [-0.1, -0.05) is 41.4 Å². The number of sulfonamides is 1. The molecule has 0 heterocycles. The van der Waals surface area contributed by atoms with Gasteiger partial charge in [0.15, 0.2) is 0 Å². The van der Waals surface area contributed by atoms with Crippen LogP contribution in [0.5, 0.6) is 5.75 Å². The van der Waals surface area contributed by atoms with Gasteiger partial charge in [-0.2, -0.15) is 0 Å². The first-order valence-corrected chi connectivity index (χ1v) is 12.7. The fraction of sp³-hybridized carbons (Fsp3) is 0.364. The van der Waals surface area contributed by atoms with E-state index in [1.165, 1.54) is 18.1 Å². The molecule has 0 aromatic heterocycles. The standard InChI is InChI=1S/C22H27Cl2N3O5S/c1-5-25-22(29)15(2)26(13-16-10-11-17(23)12-18(16)24)21(28)14-27(33(4,30)31)19-8-6-7-9-20(19)32-3/h6-12,15H,5,13-14H2,1-4H3,(H,25,29)/t15-/m1/s1. The van der Waals surface area contributed by atoms with Gasteiger partial charge in [0.1, 0.15) is 18.3 Å². The van der Waals surface area contributed by atoms with Crippen molar-refractivity contribution in [2.24, 2.45) is 0 Å². The highest BCUT2D eigenvalue weighted by Crippen LogP contribution is 2.30. The molecule has 2 aromatic rings. The van der Waals surface area contributed by atoms with Crippen LogP contribution in [0.25, 0.3) is 0 Å². The van der Waals surface area contributed by atoms with Crippen LogP contribution in [0.3, 0.4) is 0 Å². The third-order valence-electron chi connectivity index (χ3n) is 4.91. The number of carbonyl (C=O) groups is 2. The van der Waals surface area contributed by atoms with Gasteiger partial charge >= 0.3 is 0 Å². The molecule has 0 spiro atoms. The number of hydrogen-bond acceptors (Lipinski definition) is 5. The van der Waals surface area contributed by atoms with Gasteiger partial charge in [-0.3, -0.25) is 13.9 Å². The summed E-state index contributed by atoms with van der Waals surface area (Å²) < 4.78 is 31.4. The fourth-order valence-corrected chi connectivity index (χ4v) is 4.49. The molecule has 0 saturated heterocycles. The molecule has 0 aliphatic carbocycles. The maximum absolute atomic E-state index is 13.4. The number of amides is 2. The van der Waals surface area contributed by atoms with Crippen molar-refractivity contribution < 1.29 is 22.7 Å². The van der Waals surface area contributed by atoms with E-state index in [0.29, 0.717) is 27.9 Å². The van der Waals surface area contributed by atoms with Crippen LogP contribution < -0.4 is 14.4 Å². The zero-order valence-corrected chi connectivity index (χ0v) is 21.2. The molecule has 11 heteroatoms. The lowest BCUT2D eigenvalue weighted by Crippen LogP contribution is -2.51. The molecule has 0 fully saturated rings. The van der Waals surface area contributed by atoms with E-state index >= 15 is 0 Å². The second-order valence-electron chi connectivity index (χ2n) is 7.27. The van der Waals surface area contributed by atoms with Gasteiger partial charge in [0.2, 0.25) is 21.8 Å². The average molecular weight is 516 g/mol. The molecule has 0 bridgehead atoms. The topological polar surface area (TPSA) is 96.0 Å². The van der Waals surface area contributed by atoms with Gasteiger partial charge in [-0.15, -0.1) is 0 Å². The fourth-order valence-electron chi connectivity index (χ4n) is 3.17. The highest BCUT2D eigenvalue weighted by Gasteiger charge is 2.31. The maximum atomic E-state index is 13.4. The lowest BCUT2D eigenvalue weighted by molar-refractivity contribution is -0.139. The first-order chi connectivity index (χ1) is 15.5. The Morgan fingerprint density at radius 3 is 2.39 bits per heavy atom. The van der Waals surface area contributed by atoms with Gasteiger partial charge in [-0.05, 0) is 43.7 Å². The number of hydrogen-bond donors (Lipinski definition) is 1. The third-order valence-corrected chi connectivity index (χ3v) is 6.62. The summed E-state index contributed by atoms with van der Waals surface area (Å²) in [5.41, 5.74) is 0.778. The van der Waals surface area contributed by atoms with E-state index in [9.17, 15) is 18.0 Å². The van der Waals surface area contributed by atoms with Crippen LogP contribution in [0.15, 0.2) is 42.5 Å². The lowest BCUT2D eigenvalue weighted by Gasteiger charge is -2.32. The molecule has 2 rings (SSSR count). The number of methoxy groups -OCH3 is 1. The Morgan fingerprint density at radius 1 is 1.15 bits per heavy atom. The normalized spacial score (nSPS) is 12.1. The molecule has 0 aliphatic heterocycles. The van der Waals surface area contributed by atoms with Crippen LogP contribution >= 0.6 is 23.2 Å². The first kappa shape index (κ1) is 26.8. The molecular formula is C22H27Cl2N3O5S. The van der Waals surface area contributed by atoms with Gasteiger partial charge in [0.05, 0.1) is 19.1 Å². The number of nitrogens with zero attached hydrogens (tertiary/aromatic N) is 2. The molecular weight excluding hydrogens is 489 g/mol. The molecule has 0 saturated carbocycles. The van der Waals surface area contributed by atoms with Crippen LogP contribution in [0, 0.1) is 0 Å². The summed E-state index contributed by atoms with van der Waals surface area (Å²) in [4.78, 5) is 27.3. The highest BCUT2D eigenvalue weighted by atomic mass is 35.5. The number of carbonyl (C=O) groups excluding carboxylic acids is 2. The number of benzene rings is 2. The molecule has 2 amide bonds. The number of ether oxygens (including phenoxy) is 1. The van der Waals surface area contributed by atoms with E-state index in [1.807, 2.05) is 0 Å². The summed E-state index contributed by atoms with van der Waals surface area (Å²) in [6.07, 6.45) is 1.00. The third kappa shape index (κ3) is 6.99. The van der Waals surface area contributed by atoms with E-state index in [-0.39, 0.29) is 18.1 Å². The van der Waals surface area contributed by atoms with E-state index < -0.39 is 28.5 Å². The highest BCUT2D eigenvalue weighted by molar-refractivity contribution is 7.92. The zero-order chi connectivity index (χ0) is 24.8. The Morgan fingerprint density at radius 2 is 1.82 bits per heavy atom. The predicted molar refractivity (Wildman–Crippen MR) is 130 cm³/mol. The first-order valence-electron chi connectivity index (χ1n) is 10.1. The Hall–Kier alpha value is -2.49. The van der Waals surface area contributed by atoms with Gasteiger partial charge in [0, 0.05) is 23.1 Å². The van der Waals surface area contributed by atoms with Crippen LogP contribution in [0.2, 0.25) is 10.0 Å². The van der Waals surface area contributed by atoms with Crippen LogP contribution in [0.4, 0.5) is 5.69 Å². The summed E-state index contributed by atoms with van der Waals surface area (Å²) in [6, 6.07) is 10.4. The molecule has 180 valence electrons. The SMILES string of the molecule is CCNC(=O)[C@@H](C)N(Cc1ccc(Cl)cc1Cl)C(=O)CN(c1ccccc1OC)S(C)(=O)=O. The van der Waals surface area contributed by atoms with Crippen molar-refractivity contribution in [1.29, 1.82) is 0 Å². The Kier molecular flexibility index (Phi) is 9.39. The van der Waals surface area contributed by atoms with Crippen LogP contribution in [-0.2, 0) is 26.2 Å². The second-order valence-corrected chi connectivity index (χ2v) is 10.0. The Bertz CT molecular complexity index is 1110. The number of likely N-dealkylation sites (N-methyl/N-ethyl adjacent to an activating group) is 1. The van der Waals surface area contributed by atoms with E-state index in [0.717, 1.165) is 10.6 Å². The van der Waals surface area contributed by atoms with Crippen molar-refractivity contribution >= 4 is 50.7 Å². The summed E-state index contributed by atoms with van der Waals surface area (Å²) in [7, 11) is -2.45. The molecule has 1 atom stereocenters. The summed E-state index contributed by atoms with van der Waals surface area (Å²) in [6.45, 7) is 3.16. The molecule has 0 aliphatic rings. The Balaban J connectivity index is 2.45. The maximum Gasteiger partial charge on any atom is 0.244 e. The van der Waals surface area contributed by atoms with Crippen molar-refractivity contribution in [3.05, 3.63) is 58.1 Å². The minimum atomic E-state index is -3.86. The number of rotatable bonds is 10. The van der Waals surface area contributed by atoms with Crippen molar-refractivity contribution in [1.82, 2.24) is 10.2 Å². The quantitative estimate of drug-likeness (QED) is 0.523. The molecule has 0 unspecified atom stereocenters. The van der Waals surface area contributed by atoms with Gasteiger partial charge < -0.3 is 15.0 Å². The molecule has 0 radical (unpaired) electrons. The van der Waals surface area contributed by atoms with Crippen molar-refractivity contribution in [2.75, 3.05) is 30.8 Å². The minimum absolute atomic E-state index is 0.0172.